The summed E-state index contributed by atoms with van der Waals surface area (Å²) in [5.41, 5.74) is 5.89. The van der Waals surface area contributed by atoms with Crippen LogP contribution in [0.4, 0.5) is 4.79 Å². The molecular formula is C12H22N2O2. The smallest absolute Gasteiger partial charge is 0.410 e. The van der Waals surface area contributed by atoms with E-state index in [4.69, 9.17) is 10.5 Å². The average molecular weight is 226 g/mol. The fourth-order valence-corrected chi connectivity index (χ4v) is 2.35. The molecule has 16 heavy (non-hydrogen) atoms. The van der Waals surface area contributed by atoms with Gasteiger partial charge in [0.05, 0.1) is 0 Å². The molecule has 4 nitrogen and oxygen atoms in total. The van der Waals surface area contributed by atoms with Gasteiger partial charge in [0.1, 0.15) is 5.60 Å². The summed E-state index contributed by atoms with van der Waals surface area (Å²) in [7, 11) is 0. The van der Waals surface area contributed by atoms with Crippen LogP contribution in [0.3, 0.4) is 0 Å². The monoisotopic (exact) mass is 226 g/mol. The van der Waals surface area contributed by atoms with Crippen molar-refractivity contribution in [3.63, 3.8) is 0 Å². The molecule has 2 fully saturated rings. The predicted molar refractivity (Wildman–Crippen MR) is 62.1 cm³/mol. The van der Waals surface area contributed by atoms with E-state index in [0.717, 1.165) is 32.4 Å². The first kappa shape index (κ1) is 11.7. The fraction of sp³-hybridized carbons (Fsp3) is 0.917. The van der Waals surface area contributed by atoms with Gasteiger partial charge in [-0.25, -0.2) is 4.79 Å². The molecule has 1 saturated heterocycles. The second-order valence-electron chi connectivity index (χ2n) is 6.16. The number of likely N-dealkylation sites (tertiary alicyclic amines) is 1. The lowest BCUT2D eigenvalue weighted by molar-refractivity contribution is 0.0126. The van der Waals surface area contributed by atoms with Crippen LogP contribution in [-0.2, 0) is 4.74 Å². The third-order valence-electron chi connectivity index (χ3n) is 3.55. The molecule has 1 unspecified atom stereocenters. The summed E-state index contributed by atoms with van der Waals surface area (Å²) >= 11 is 0. The van der Waals surface area contributed by atoms with Gasteiger partial charge in [-0.1, -0.05) is 0 Å². The van der Waals surface area contributed by atoms with E-state index in [1.54, 1.807) is 0 Å². The lowest BCUT2D eigenvalue weighted by atomic mass is 9.90. The molecule has 92 valence electrons. The third-order valence-corrected chi connectivity index (χ3v) is 3.55. The molecule has 4 heteroatoms. The van der Waals surface area contributed by atoms with E-state index in [2.05, 4.69) is 0 Å². The number of hydrogen-bond donors (Lipinski definition) is 1. The van der Waals surface area contributed by atoms with Crippen molar-refractivity contribution >= 4 is 6.09 Å². The zero-order valence-electron chi connectivity index (χ0n) is 10.5. The first-order valence-electron chi connectivity index (χ1n) is 6.06. The minimum absolute atomic E-state index is 0.189. The van der Waals surface area contributed by atoms with E-state index in [1.165, 1.54) is 0 Å². The number of ether oxygens (including phenoxy) is 1. The highest BCUT2D eigenvalue weighted by Crippen LogP contribution is 2.51. The number of hydrogen-bond acceptors (Lipinski definition) is 3. The van der Waals surface area contributed by atoms with Gasteiger partial charge in [0.2, 0.25) is 0 Å². The van der Waals surface area contributed by atoms with Crippen LogP contribution in [0.5, 0.6) is 0 Å². The zero-order valence-corrected chi connectivity index (χ0v) is 10.5. The number of nitrogens with zero attached hydrogens (tertiary/aromatic N) is 1. The third kappa shape index (κ3) is 2.32. The second kappa shape index (κ2) is 3.62. The standard InChI is InChI=1S/C12H22N2O2/c1-11(2,3)16-10(15)14-7-4-9(13)12(8-14)5-6-12/h9H,4-8,13H2,1-3H3. The molecule has 1 saturated carbocycles. The van der Waals surface area contributed by atoms with E-state index < -0.39 is 5.60 Å². The molecule has 1 aliphatic heterocycles. The van der Waals surface area contributed by atoms with Gasteiger partial charge >= 0.3 is 6.09 Å². The van der Waals surface area contributed by atoms with Gasteiger partial charge in [0, 0.05) is 24.5 Å². The number of carbonyl (C=O) groups excluding carboxylic acids is 1. The molecule has 0 aromatic heterocycles. The average Bonchev–Trinajstić information content (AvgIpc) is 2.88. The maximum Gasteiger partial charge on any atom is 0.410 e. The van der Waals surface area contributed by atoms with E-state index in [9.17, 15) is 4.79 Å². The highest BCUT2D eigenvalue weighted by atomic mass is 16.6. The molecule has 0 aromatic rings. The Hall–Kier alpha value is -0.770. The number of nitrogens with two attached hydrogens (primary N) is 1. The van der Waals surface area contributed by atoms with Gasteiger partial charge in [-0.15, -0.1) is 0 Å². The Bertz CT molecular complexity index is 292. The fourth-order valence-electron chi connectivity index (χ4n) is 2.35. The van der Waals surface area contributed by atoms with E-state index in [-0.39, 0.29) is 17.6 Å². The van der Waals surface area contributed by atoms with Crippen LogP contribution in [-0.4, -0.2) is 35.7 Å². The van der Waals surface area contributed by atoms with Gasteiger partial charge in [0.15, 0.2) is 0 Å². The Labute approximate surface area is 97.1 Å². The Morgan fingerprint density at radius 2 is 2.06 bits per heavy atom. The van der Waals surface area contributed by atoms with Crippen molar-refractivity contribution in [3.05, 3.63) is 0 Å². The van der Waals surface area contributed by atoms with Crippen molar-refractivity contribution in [3.8, 4) is 0 Å². The molecule has 0 bridgehead atoms. The van der Waals surface area contributed by atoms with Gasteiger partial charge in [-0.2, -0.15) is 0 Å². The molecule has 1 atom stereocenters. The Balaban J connectivity index is 1.94. The SMILES string of the molecule is CC(C)(C)OC(=O)N1CCC(N)C2(CC2)C1. The Morgan fingerprint density at radius 3 is 2.56 bits per heavy atom. The van der Waals surface area contributed by atoms with Gasteiger partial charge in [-0.3, -0.25) is 0 Å². The number of piperidine rings is 1. The molecule has 1 spiro atoms. The van der Waals surface area contributed by atoms with Crippen molar-refractivity contribution in [1.82, 2.24) is 4.90 Å². The Kier molecular flexibility index (Phi) is 2.65. The van der Waals surface area contributed by atoms with Gasteiger partial charge in [0.25, 0.3) is 0 Å². The van der Waals surface area contributed by atoms with Gasteiger partial charge in [-0.05, 0) is 40.0 Å². The predicted octanol–water partition coefficient (Wildman–Crippen LogP) is 1.73. The van der Waals surface area contributed by atoms with Crippen molar-refractivity contribution in [1.29, 1.82) is 0 Å². The first-order valence-corrected chi connectivity index (χ1v) is 6.06. The van der Waals surface area contributed by atoms with Crippen molar-refractivity contribution < 1.29 is 9.53 Å². The second-order valence-corrected chi connectivity index (χ2v) is 6.16. The van der Waals surface area contributed by atoms with Crippen LogP contribution >= 0.6 is 0 Å². The number of carbonyl (C=O) groups is 1. The van der Waals surface area contributed by atoms with Gasteiger partial charge < -0.3 is 15.4 Å². The summed E-state index contributed by atoms with van der Waals surface area (Å²) in [4.78, 5) is 13.7. The zero-order chi connectivity index (χ0) is 12.0. The molecule has 2 rings (SSSR count). The van der Waals surface area contributed by atoms with Crippen molar-refractivity contribution in [2.24, 2.45) is 11.1 Å². The van der Waals surface area contributed by atoms with Crippen LogP contribution in [0.2, 0.25) is 0 Å². The van der Waals surface area contributed by atoms with Crippen LogP contribution in [0.15, 0.2) is 0 Å². The summed E-state index contributed by atoms with van der Waals surface area (Å²) in [5.74, 6) is 0. The van der Waals surface area contributed by atoms with Crippen molar-refractivity contribution in [2.75, 3.05) is 13.1 Å². The molecule has 0 radical (unpaired) electrons. The molecule has 1 amide bonds. The maximum atomic E-state index is 11.9. The molecule has 1 heterocycles. The Morgan fingerprint density at radius 1 is 1.44 bits per heavy atom. The van der Waals surface area contributed by atoms with Crippen LogP contribution in [0, 0.1) is 5.41 Å². The normalized spacial score (nSPS) is 28.0. The maximum absolute atomic E-state index is 11.9. The summed E-state index contributed by atoms with van der Waals surface area (Å²) in [6, 6.07) is 0.270. The molecule has 2 aliphatic rings. The van der Waals surface area contributed by atoms with E-state index >= 15 is 0 Å². The number of amides is 1. The van der Waals surface area contributed by atoms with Crippen LogP contribution < -0.4 is 5.73 Å². The van der Waals surface area contributed by atoms with E-state index in [1.807, 2.05) is 25.7 Å². The largest absolute Gasteiger partial charge is 0.444 e. The molecule has 2 N–H and O–H groups in total. The van der Waals surface area contributed by atoms with Crippen molar-refractivity contribution in [2.45, 2.75) is 51.7 Å². The minimum atomic E-state index is -0.409. The summed E-state index contributed by atoms with van der Waals surface area (Å²) in [5, 5.41) is 0. The first-order chi connectivity index (χ1) is 7.32. The minimum Gasteiger partial charge on any atom is -0.444 e. The van der Waals surface area contributed by atoms with Crippen LogP contribution in [0.1, 0.15) is 40.0 Å². The lowest BCUT2D eigenvalue weighted by Gasteiger charge is -2.37. The summed E-state index contributed by atoms with van der Waals surface area (Å²) in [6.45, 7) is 7.20. The molecule has 0 aromatic carbocycles. The summed E-state index contributed by atoms with van der Waals surface area (Å²) < 4.78 is 5.38. The quantitative estimate of drug-likeness (QED) is 0.684. The number of rotatable bonds is 0. The topological polar surface area (TPSA) is 55.6 Å². The summed E-state index contributed by atoms with van der Waals surface area (Å²) in [6.07, 6.45) is 3.03. The highest BCUT2D eigenvalue weighted by Gasteiger charge is 2.52. The lowest BCUT2D eigenvalue weighted by Crippen LogP contribution is -2.51. The highest BCUT2D eigenvalue weighted by molar-refractivity contribution is 5.68. The van der Waals surface area contributed by atoms with E-state index in [0.29, 0.717) is 0 Å². The molecular weight excluding hydrogens is 204 g/mol. The van der Waals surface area contributed by atoms with Crippen LogP contribution in [0.25, 0.3) is 0 Å². The molecule has 1 aliphatic carbocycles.